The highest BCUT2D eigenvalue weighted by Crippen LogP contribution is 2.25. The summed E-state index contributed by atoms with van der Waals surface area (Å²) >= 11 is 3.52. The summed E-state index contributed by atoms with van der Waals surface area (Å²) in [5.41, 5.74) is 1.24. The molecule has 0 atom stereocenters. The number of carbonyl (C=O) groups is 1. The number of benzene rings is 1. The minimum absolute atomic E-state index is 0.285. The van der Waals surface area contributed by atoms with Crippen LogP contribution in [0.4, 0.5) is 0 Å². The summed E-state index contributed by atoms with van der Waals surface area (Å²) in [7, 11) is 1.39. The van der Waals surface area contributed by atoms with Crippen molar-refractivity contribution in [1.29, 1.82) is 0 Å². The molecule has 2 aromatic rings. The topological polar surface area (TPSA) is 51.2 Å². The first-order valence-corrected chi connectivity index (χ1v) is 7.10. The Labute approximate surface area is 126 Å². The van der Waals surface area contributed by atoms with Crippen LogP contribution in [0.2, 0.25) is 0 Å². The first-order chi connectivity index (χ1) is 9.45. The lowest BCUT2D eigenvalue weighted by molar-refractivity contribution is -0.147. The average molecular weight is 337 g/mol. The number of fused-ring (bicyclic) bond motifs is 1. The van der Waals surface area contributed by atoms with Crippen molar-refractivity contribution in [3.63, 3.8) is 0 Å². The van der Waals surface area contributed by atoms with E-state index < -0.39 is 5.54 Å². The lowest BCUT2D eigenvalue weighted by atomic mass is 10.0. The van der Waals surface area contributed by atoms with Gasteiger partial charge in [0.25, 0.3) is 0 Å². The van der Waals surface area contributed by atoms with Gasteiger partial charge in [-0.15, -0.1) is 0 Å². The Morgan fingerprint density at radius 3 is 2.85 bits per heavy atom. The summed E-state index contributed by atoms with van der Waals surface area (Å²) in [6, 6.07) is 7.91. The third-order valence-electron chi connectivity index (χ3n) is 3.22. The first kappa shape index (κ1) is 14.9. The van der Waals surface area contributed by atoms with E-state index in [4.69, 9.17) is 4.74 Å². The van der Waals surface area contributed by atoms with E-state index in [1.165, 1.54) is 7.11 Å². The Morgan fingerprint density at radius 2 is 2.15 bits per heavy atom. The van der Waals surface area contributed by atoms with Crippen molar-refractivity contribution >= 4 is 32.8 Å². The molecule has 4 nitrogen and oxygen atoms in total. The molecule has 0 saturated carbocycles. The molecule has 0 amide bonds. The largest absolute Gasteiger partial charge is 0.468 e. The van der Waals surface area contributed by atoms with Crippen LogP contribution in [-0.4, -0.2) is 23.6 Å². The molecule has 0 aliphatic rings. The number of ether oxygens (including phenoxy) is 1. The van der Waals surface area contributed by atoms with Crippen LogP contribution in [0.5, 0.6) is 0 Å². The number of aromatic nitrogens is 1. The molecule has 0 spiro atoms. The predicted octanol–water partition coefficient (Wildman–Crippen LogP) is 3.04. The summed E-state index contributed by atoms with van der Waals surface area (Å²) in [6.45, 7) is 4.14. The number of nitrogens with one attached hydrogen (secondary N) is 1. The minimum Gasteiger partial charge on any atom is -0.468 e. The summed E-state index contributed by atoms with van der Waals surface area (Å²) in [5, 5.41) is 4.27. The second-order valence-corrected chi connectivity index (χ2v) is 5.93. The lowest BCUT2D eigenvalue weighted by Crippen LogP contribution is -2.47. The molecule has 106 valence electrons. The standard InChI is InChI=1S/C15H17BrN2O2/c1-15(2,14(19)20-3)18-9-10-6-7-12(16)11-5-4-8-17-13(10)11/h4-8,18H,9H2,1-3H3. The molecule has 0 aliphatic heterocycles. The van der Waals surface area contributed by atoms with E-state index in [2.05, 4.69) is 26.2 Å². The molecule has 1 aromatic heterocycles. The van der Waals surface area contributed by atoms with Gasteiger partial charge in [0.1, 0.15) is 5.54 Å². The molecular weight excluding hydrogens is 320 g/mol. The van der Waals surface area contributed by atoms with Crippen LogP contribution in [0.15, 0.2) is 34.9 Å². The normalized spacial score (nSPS) is 11.6. The smallest absolute Gasteiger partial charge is 0.325 e. The zero-order valence-corrected chi connectivity index (χ0v) is 13.3. The molecular formula is C15H17BrN2O2. The Morgan fingerprint density at radius 1 is 1.40 bits per heavy atom. The van der Waals surface area contributed by atoms with Crippen LogP contribution in [0, 0.1) is 0 Å². The molecule has 1 N–H and O–H groups in total. The van der Waals surface area contributed by atoms with E-state index in [1.807, 2.05) is 24.3 Å². The number of esters is 1. The lowest BCUT2D eigenvalue weighted by Gasteiger charge is -2.23. The number of hydrogen-bond acceptors (Lipinski definition) is 4. The van der Waals surface area contributed by atoms with Gasteiger partial charge in [0.15, 0.2) is 0 Å². The van der Waals surface area contributed by atoms with Gasteiger partial charge in [-0.3, -0.25) is 15.1 Å². The van der Waals surface area contributed by atoms with Crippen molar-refractivity contribution in [2.75, 3.05) is 7.11 Å². The van der Waals surface area contributed by atoms with Crippen molar-refractivity contribution in [3.05, 3.63) is 40.5 Å². The van der Waals surface area contributed by atoms with Crippen LogP contribution in [0.25, 0.3) is 10.9 Å². The van der Waals surface area contributed by atoms with Crippen LogP contribution in [0.1, 0.15) is 19.4 Å². The second-order valence-electron chi connectivity index (χ2n) is 5.08. The Hall–Kier alpha value is -1.46. The zero-order valence-electron chi connectivity index (χ0n) is 11.7. The third kappa shape index (κ3) is 2.99. The minimum atomic E-state index is -0.733. The molecule has 0 aliphatic carbocycles. The SMILES string of the molecule is COC(=O)C(C)(C)NCc1ccc(Br)c2cccnc12. The molecule has 0 unspecified atom stereocenters. The maximum atomic E-state index is 11.7. The fourth-order valence-electron chi connectivity index (χ4n) is 1.98. The fraction of sp³-hybridized carbons (Fsp3) is 0.333. The van der Waals surface area contributed by atoms with E-state index in [-0.39, 0.29) is 5.97 Å². The van der Waals surface area contributed by atoms with E-state index >= 15 is 0 Å². The van der Waals surface area contributed by atoms with Crippen molar-refractivity contribution in [3.8, 4) is 0 Å². The highest BCUT2D eigenvalue weighted by molar-refractivity contribution is 9.10. The number of nitrogens with zero attached hydrogens (tertiary/aromatic N) is 1. The van der Waals surface area contributed by atoms with Gasteiger partial charge in [-0.2, -0.15) is 0 Å². The number of rotatable bonds is 4. The molecule has 0 fully saturated rings. The Kier molecular flexibility index (Phi) is 4.40. The summed E-state index contributed by atoms with van der Waals surface area (Å²) in [4.78, 5) is 16.1. The zero-order chi connectivity index (χ0) is 14.8. The molecule has 1 aromatic carbocycles. The van der Waals surface area contributed by atoms with Crippen LogP contribution in [-0.2, 0) is 16.1 Å². The Balaban J connectivity index is 2.27. The summed E-state index contributed by atoms with van der Waals surface area (Å²) < 4.78 is 5.80. The maximum Gasteiger partial charge on any atom is 0.325 e. The van der Waals surface area contributed by atoms with E-state index in [0.717, 1.165) is 20.9 Å². The molecule has 1 heterocycles. The first-order valence-electron chi connectivity index (χ1n) is 6.31. The molecule has 2 rings (SSSR count). The van der Waals surface area contributed by atoms with Crippen LogP contribution >= 0.6 is 15.9 Å². The number of methoxy groups -OCH3 is 1. The van der Waals surface area contributed by atoms with Gasteiger partial charge >= 0.3 is 5.97 Å². The third-order valence-corrected chi connectivity index (χ3v) is 3.91. The molecule has 5 heteroatoms. The van der Waals surface area contributed by atoms with E-state index in [0.29, 0.717) is 6.54 Å². The summed E-state index contributed by atoms with van der Waals surface area (Å²) in [6.07, 6.45) is 1.77. The van der Waals surface area contributed by atoms with Crippen molar-refractivity contribution < 1.29 is 9.53 Å². The molecule has 0 saturated heterocycles. The number of carbonyl (C=O) groups excluding carboxylic acids is 1. The maximum absolute atomic E-state index is 11.7. The van der Waals surface area contributed by atoms with Gasteiger partial charge < -0.3 is 4.74 Å². The van der Waals surface area contributed by atoms with E-state index in [9.17, 15) is 4.79 Å². The van der Waals surface area contributed by atoms with Gasteiger partial charge in [0.2, 0.25) is 0 Å². The summed E-state index contributed by atoms with van der Waals surface area (Å²) in [5.74, 6) is -0.285. The number of hydrogen-bond donors (Lipinski definition) is 1. The highest BCUT2D eigenvalue weighted by Gasteiger charge is 2.27. The predicted molar refractivity (Wildman–Crippen MR) is 82.4 cm³/mol. The molecule has 0 bridgehead atoms. The van der Waals surface area contributed by atoms with E-state index in [1.54, 1.807) is 20.0 Å². The van der Waals surface area contributed by atoms with Crippen molar-refractivity contribution in [1.82, 2.24) is 10.3 Å². The van der Waals surface area contributed by atoms with Gasteiger partial charge in [0.05, 0.1) is 12.6 Å². The molecule has 20 heavy (non-hydrogen) atoms. The molecule has 0 radical (unpaired) electrons. The van der Waals surface area contributed by atoms with Gasteiger partial charge in [-0.25, -0.2) is 0 Å². The quantitative estimate of drug-likeness (QED) is 0.872. The average Bonchev–Trinajstić information content (AvgIpc) is 2.46. The number of halogens is 1. The Bertz CT molecular complexity index is 641. The number of pyridine rings is 1. The van der Waals surface area contributed by atoms with Crippen LogP contribution < -0.4 is 5.32 Å². The van der Waals surface area contributed by atoms with Gasteiger partial charge in [-0.05, 0) is 31.5 Å². The monoisotopic (exact) mass is 336 g/mol. The highest BCUT2D eigenvalue weighted by atomic mass is 79.9. The van der Waals surface area contributed by atoms with Gasteiger partial charge in [-0.1, -0.05) is 28.1 Å². The van der Waals surface area contributed by atoms with Crippen LogP contribution in [0.3, 0.4) is 0 Å². The second kappa shape index (κ2) is 5.89. The van der Waals surface area contributed by atoms with Crippen molar-refractivity contribution in [2.45, 2.75) is 25.9 Å². The fourth-order valence-corrected chi connectivity index (χ4v) is 2.43. The van der Waals surface area contributed by atoms with Crippen molar-refractivity contribution in [2.24, 2.45) is 0 Å². The van der Waals surface area contributed by atoms with Gasteiger partial charge in [0, 0.05) is 22.6 Å².